The zero-order valence-corrected chi connectivity index (χ0v) is 15.3. The molecule has 0 saturated carbocycles. The van der Waals surface area contributed by atoms with E-state index in [9.17, 15) is 16.9 Å². The molecule has 0 amide bonds. The molecule has 0 aromatic heterocycles. The number of hydrogen-bond donors (Lipinski definition) is 0. The van der Waals surface area contributed by atoms with Gasteiger partial charge in [-0.05, 0) is 22.8 Å². The minimum atomic E-state index is -11.2. The first-order valence-electron chi connectivity index (χ1n) is 5.40. The van der Waals surface area contributed by atoms with Gasteiger partial charge in [-0.3, -0.25) is 0 Å². The van der Waals surface area contributed by atoms with Crippen molar-refractivity contribution in [2.45, 2.75) is 13.3 Å². The summed E-state index contributed by atoms with van der Waals surface area (Å²) in [7, 11) is 0. The molecular formula is C12H14F6ISb. The van der Waals surface area contributed by atoms with Crippen LogP contribution in [0.25, 0.3) is 10.8 Å². The molecule has 8 heteroatoms. The van der Waals surface area contributed by atoms with Crippen LogP contribution < -0.4 is 0 Å². The van der Waals surface area contributed by atoms with Crippen molar-refractivity contribution in [1.29, 1.82) is 0 Å². The van der Waals surface area contributed by atoms with Gasteiger partial charge < -0.3 is 0 Å². The van der Waals surface area contributed by atoms with Gasteiger partial charge in [0.2, 0.25) is 0 Å². The van der Waals surface area contributed by atoms with Crippen LogP contribution in [0.4, 0.5) is 16.9 Å². The molecule has 0 aliphatic heterocycles. The summed E-state index contributed by atoms with van der Waals surface area (Å²) in [6, 6.07) is 15.0. The van der Waals surface area contributed by atoms with E-state index in [1.807, 2.05) is 0 Å². The Morgan fingerprint density at radius 2 is 1.30 bits per heavy atom. The van der Waals surface area contributed by atoms with Crippen molar-refractivity contribution in [3.8, 4) is 0 Å². The molecule has 0 fully saturated rings. The van der Waals surface area contributed by atoms with E-state index in [0.29, 0.717) is 0 Å². The average Bonchev–Trinajstić information content (AvgIpc) is 2.24. The summed E-state index contributed by atoms with van der Waals surface area (Å²) in [4.78, 5) is 0. The van der Waals surface area contributed by atoms with Gasteiger partial charge in [-0.1, -0.05) is 49.4 Å². The van der Waals surface area contributed by atoms with Gasteiger partial charge in [0.25, 0.3) is 0 Å². The second-order valence-corrected chi connectivity index (χ2v) is 9.42. The molecule has 0 bridgehead atoms. The molecule has 0 spiro atoms. The fraction of sp³-hybridized carbons (Fsp3) is 0.167. The van der Waals surface area contributed by atoms with E-state index in [0.717, 1.165) is 6.42 Å². The van der Waals surface area contributed by atoms with E-state index in [-0.39, 0.29) is 25.4 Å². The summed E-state index contributed by atoms with van der Waals surface area (Å²) in [6.07, 6.45) is 1.11. The summed E-state index contributed by atoms with van der Waals surface area (Å²) >= 11 is -11.2. The third-order valence-corrected chi connectivity index (χ3v) is 2.26. The van der Waals surface area contributed by atoms with E-state index in [4.69, 9.17) is 0 Å². The number of fused-ring (bicyclic) bond motifs is 1. The number of rotatable bonds is 1. The van der Waals surface area contributed by atoms with Crippen LogP contribution in [0.3, 0.4) is 0 Å². The normalized spacial score (nSPS) is 14.3. The molecule has 0 saturated heterocycles. The maximum atomic E-state index is 9.93. The van der Waals surface area contributed by atoms with E-state index in [1.54, 1.807) is 0 Å². The summed E-state index contributed by atoms with van der Waals surface area (Å²) in [6.45, 7) is 2.20. The van der Waals surface area contributed by atoms with Gasteiger partial charge in [0.1, 0.15) is 0 Å². The van der Waals surface area contributed by atoms with Crippen LogP contribution in [0.2, 0.25) is 0 Å². The van der Waals surface area contributed by atoms with Crippen molar-refractivity contribution in [1.82, 2.24) is 0 Å². The Kier molecular flexibility index (Phi) is 5.86. The Bertz CT molecular complexity index is 568. The van der Waals surface area contributed by atoms with Gasteiger partial charge in [0.05, 0.1) is 0 Å². The quantitative estimate of drug-likeness (QED) is 0.236. The van der Waals surface area contributed by atoms with Crippen molar-refractivity contribution in [3.63, 3.8) is 0 Å². The first kappa shape index (κ1) is 19.8. The Labute approximate surface area is 133 Å². The number of halogens is 7. The minimum absolute atomic E-state index is 0. The summed E-state index contributed by atoms with van der Waals surface area (Å²) in [5.41, 5.74) is 1.44. The Hall–Kier alpha value is -0.172. The SMILES string of the molecule is CCc1cccc2ccccc12.I.[F][Sb-]([F])([F])([F])([F])[F].[H+]. The number of hydrogen-bond acceptors (Lipinski definition) is 0. The predicted molar refractivity (Wildman–Crippen MR) is 82.3 cm³/mol. The van der Waals surface area contributed by atoms with Gasteiger partial charge in [0.15, 0.2) is 0 Å². The van der Waals surface area contributed by atoms with Crippen LogP contribution in [0.5, 0.6) is 0 Å². The molecule has 0 radical (unpaired) electrons. The molecule has 0 atom stereocenters. The predicted octanol–water partition coefficient (Wildman–Crippen LogP) is 6.27. The molecule has 20 heavy (non-hydrogen) atoms. The van der Waals surface area contributed by atoms with Crippen LogP contribution in [-0.4, -0.2) is 19.5 Å². The van der Waals surface area contributed by atoms with Crippen molar-refractivity contribution in [3.05, 3.63) is 48.0 Å². The molecule has 116 valence electrons. The van der Waals surface area contributed by atoms with Gasteiger partial charge >= 0.3 is 37.8 Å². The van der Waals surface area contributed by atoms with Gasteiger partial charge in [-0.25, -0.2) is 0 Å². The van der Waals surface area contributed by atoms with Crippen LogP contribution >= 0.6 is 24.0 Å². The molecule has 2 rings (SSSR count). The van der Waals surface area contributed by atoms with E-state index < -0.39 is 19.5 Å². The average molecular weight is 521 g/mol. The minimum Gasteiger partial charge on any atom is 1.00 e. The Morgan fingerprint density at radius 3 is 1.80 bits per heavy atom. The molecule has 0 unspecified atom stereocenters. The molecule has 0 nitrogen and oxygen atoms in total. The van der Waals surface area contributed by atoms with Crippen molar-refractivity contribution in [2.75, 3.05) is 0 Å². The van der Waals surface area contributed by atoms with Crippen LogP contribution in [0.1, 0.15) is 13.9 Å². The Morgan fingerprint density at radius 1 is 0.850 bits per heavy atom. The third-order valence-electron chi connectivity index (χ3n) is 2.26. The van der Waals surface area contributed by atoms with E-state index in [2.05, 4.69) is 49.4 Å². The van der Waals surface area contributed by atoms with Crippen molar-refractivity contribution >= 4 is 54.2 Å². The van der Waals surface area contributed by atoms with Gasteiger partial charge in [-0.2, -0.15) is 0 Å². The summed E-state index contributed by atoms with van der Waals surface area (Å²) in [5.74, 6) is 0. The molecule has 0 aliphatic carbocycles. The topological polar surface area (TPSA) is 0 Å². The first-order valence-corrected chi connectivity index (χ1v) is 11.2. The van der Waals surface area contributed by atoms with Gasteiger partial charge in [0, 0.05) is 0 Å². The van der Waals surface area contributed by atoms with E-state index in [1.165, 1.54) is 16.3 Å². The zero-order chi connectivity index (χ0) is 14.8. The third kappa shape index (κ3) is 9.69. The number of benzene rings is 2. The van der Waals surface area contributed by atoms with Gasteiger partial charge in [-0.15, -0.1) is 24.0 Å². The standard InChI is InChI=1S/C12H12.6FH.HI.Sb/c1-2-10-7-5-8-11-6-3-4-9-12(10)11;;;;;;;;/h3-9H,2H2,1H3;7*1H;/q;;;;;;;;+5/p-5. The molecule has 2 aromatic rings. The van der Waals surface area contributed by atoms with E-state index >= 15 is 0 Å². The fourth-order valence-electron chi connectivity index (χ4n) is 1.60. The van der Waals surface area contributed by atoms with Crippen molar-refractivity contribution < 1.29 is 18.3 Å². The maximum absolute atomic E-state index is 11.2. The first-order chi connectivity index (χ1) is 8.36. The fourth-order valence-corrected chi connectivity index (χ4v) is 1.60. The van der Waals surface area contributed by atoms with Crippen LogP contribution in [0.15, 0.2) is 42.5 Å². The van der Waals surface area contributed by atoms with Crippen LogP contribution in [0, 0.1) is 0 Å². The molecule has 0 heterocycles. The van der Waals surface area contributed by atoms with Crippen LogP contribution in [-0.2, 0) is 6.42 Å². The largest absolute Gasteiger partial charge is 1.00 e. The second-order valence-electron chi connectivity index (χ2n) is 3.95. The molecule has 0 aliphatic rings. The smallest absolute Gasteiger partial charge is 1.00 e. The Balaban J connectivity index is 0. The van der Waals surface area contributed by atoms with Crippen molar-refractivity contribution in [2.24, 2.45) is 0 Å². The zero-order valence-electron chi connectivity index (χ0n) is 11.4. The molecule has 2 aromatic carbocycles. The second kappa shape index (κ2) is 5.91. The summed E-state index contributed by atoms with van der Waals surface area (Å²) < 4.78 is 59.6. The molecule has 0 N–H and O–H groups in total. The molecular weight excluding hydrogens is 507 g/mol. The maximum Gasteiger partial charge on any atom is 1.00 e. The summed E-state index contributed by atoms with van der Waals surface area (Å²) in [5, 5.41) is 2.74. The number of aryl methyl sites for hydroxylation is 1. The monoisotopic (exact) mass is 520 g/mol.